The molecule has 132 valence electrons. The van der Waals surface area contributed by atoms with Crippen LogP contribution in [0.25, 0.3) is 11.3 Å². The molecule has 4 nitrogen and oxygen atoms in total. The molecule has 0 spiro atoms. The van der Waals surface area contributed by atoms with E-state index in [0.717, 1.165) is 15.6 Å². The predicted octanol–water partition coefficient (Wildman–Crippen LogP) is 5.13. The molecule has 1 aromatic heterocycles. The number of anilines is 1. The van der Waals surface area contributed by atoms with Crippen molar-refractivity contribution in [2.45, 2.75) is 23.4 Å². The molecule has 0 saturated carbocycles. The van der Waals surface area contributed by atoms with Gasteiger partial charge >= 0.3 is 0 Å². The molecule has 3 rings (SSSR count). The van der Waals surface area contributed by atoms with Crippen LogP contribution >= 0.6 is 23.1 Å². The van der Waals surface area contributed by atoms with Gasteiger partial charge in [-0.1, -0.05) is 54.2 Å². The lowest BCUT2D eigenvalue weighted by Gasteiger charge is -2.12. The highest BCUT2D eigenvalue weighted by Gasteiger charge is 2.18. The maximum absolute atomic E-state index is 12.5. The second-order valence-corrected chi connectivity index (χ2v) is 8.16. The molecule has 1 heterocycles. The van der Waals surface area contributed by atoms with E-state index in [9.17, 15) is 9.59 Å². The molecule has 2 aromatic carbocycles. The minimum atomic E-state index is -0.329. The van der Waals surface area contributed by atoms with Gasteiger partial charge in [0.15, 0.2) is 10.1 Å². The Morgan fingerprint density at radius 3 is 2.50 bits per heavy atom. The van der Waals surface area contributed by atoms with Crippen molar-refractivity contribution in [3.8, 4) is 11.3 Å². The Morgan fingerprint density at radius 2 is 1.77 bits per heavy atom. The molecule has 0 aliphatic rings. The largest absolute Gasteiger partial charge is 0.324 e. The van der Waals surface area contributed by atoms with Crippen LogP contribution < -0.4 is 5.32 Å². The van der Waals surface area contributed by atoms with Crippen LogP contribution in [0.2, 0.25) is 0 Å². The minimum absolute atomic E-state index is 0.0753. The van der Waals surface area contributed by atoms with Gasteiger partial charge < -0.3 is 5.32 Å². The second-order valence-electron chi connectivity index (χ2n) is 5.72. The van der Waals surface area contributed by atoms with Crippen molar-refractivity contribution in [3.05, 3.63) is 65.5 Å². The summed E-state index contributed by atoms with van der Waals surface area (Å²) in [6.45, 7) is 3.32. The zero-order valence-electron chi connectivity index (χ0n) is 14.4. The Bertz CT molecular complexity index is 922. The molecule has 0 bridgehead atoms. The van der Waals surface area contributed by atoms with Gasteiger partial charge in [0.2, 0.25) is 5.91 Å². The summed E-state index contributed by atoms with van der Waals surface area (Å²) in [5.74, 6) is -0.228. The Balaban J connectivity index is 1.67. The molecule has 6 heteroatoms. The quantitative estimate of drug-likeness (QED) is 0.474. The number of aromatic nitrogens is 1. The summed E-state index contributed by atoms with van der Waals surface area (Å²) in [7, 11) is 0. The fraction of sp³-hybridized carbons (Fsp3) is 0.150. The third kappa shape index (κ3) is 4.39. The van der Waals surface area contributed by atoms with Crippen molar-refractivity contribution in [2.75, 3.05) is 5.32 Å². The molecule has 3 aromatic rings. The van der Waals surface area contributed by atoms with E-state index < -0.39 is 0 Å². The number of ketones is 1. The number of carbonyl (C=O) groups excluding carboxylic acids is 2. The van der Waals surface area contributed by atoms with Crippen molar-refractivity contribution >= 4 is 40.5 Å². The molecular weight excluding hydrogens is 364 g/mol. The normalized spacial score (nSPS) is 11.8. The lowest BCUT2D eigenvalue weighted by atomic mass is 10.1. The number of thioether (sulfide) groups is 1. The number of carbonyl (C=O) groups is 2. The zero-order chi connectivity index (χ0) is 18.5. The van der Waals surface area contributed by atoms with Crippen LogP contribution in [0.1, 0.15) is 24.2 Å². The molecule has 0 aliphatic heterocycles. The number of nitrogens with one attached hydrogen (secondary N) is 1. The monoisotopic (exact) mass is 382 g/mol. The van der Waals surface area contributed by atoms with Gasteiger partial charge in [0, 0.05) is 16.5 Å². The van der Waals surface area contributed by atoms with Crippen LogP contribution in [-0.4, -0.2) is 21.9 Å². The van der Waals surface area contributed by atoms with Gasteiger partial charge in [-0.05, 0) is 26.0 Å². The smallest absolute Gasteiger partial charge is 0.237 e. The number of hydrogen-bond acceptors (Lipinski definition) is 5. The van der Waals surface area contributed by atoms with E-state index in [0.29, 0.717) is 11.3 Å². The second kappa shape index (κ2) is 8.29. The van der Waals surface area contributed by atoms with E-state index in [1.807, 2.05) is 42.6 Å². The van der Waals surface area contributed by atoms with Gasteiger partial charge in [-0.25, -0.2) is 4.98 Å². The highest BCUT2D eigenvalue weighted by Crippen LogP contribution is 2.31. The summed E-state index contributed by atoms with van der Waals surface area (Å²) >= 11 is 2.93. The number of thiazole rings is 1. The standard InChI is InChI=1S/C20H18N2O2S2/c1-13(23)16-10-6-7-11-17(16)21-19(24)14(2)26-20-22-18(12-25-20)15-8-4-3-5-9-15/h3-12,14H,1-2H3,(H,21,24)/t14-/m1/s1. The summed E-state index contributed by atoms with van der Waals surface area (Å²) < 4.78 is 0.839. The molecule has 0 aliphatic carbocycles. The van der Waals surface area contributed by atoms with E-state index in [4.69, 9.17) is 0 Å². The van der Waals surface area contributed by atoms with Crippen molar-refractivity contribution in [3.63, 3.8) is 0 Å². The highest BCUT2D eigenvalue weighted by molar-refractivity contribution is 8.02. The van der Waals surface area contributed by atoms with Crippen LogP contribution in [0.5, 0.6) is 0 Å². The maximum atomic E-state index is 12.5. The molecule has 0 radical (unpaired) electrons. The molecule has 0 unspecified atom stereocenters. The van der Waals surface area contributed by atoms with Gasteiger partial charge in [-0.3, -0.25) is 9.59 Å². The Morgan fingerprint density at radius 1 is 1.08 bits per heavy atom. The van der Waals surface area contributed by atoms with E-state index in [2.05, 4.69) is 10.3 Å². The molecule has 0 fully saturated rings. The first kappa shape index (κ1) is 18.4. The van der Waals surface area contributed by atoms with Gasteiger partial charge in [0.05, 0.1) is 16.6 Å². The number of nitrogens with zero attached hydrogens (tertiary/aromatic N) is 1. The van der Waals surface area contributed by atoms with E-state index in [1.54, 1.807) is 24.3 Å². The van der Waals surface area contributed by atoms with Gasteiger partial charge in [-0.15, -0.1) is 11.3 Å². The van der Waals surface area contributed by atoms with Crippen LogP contribution in [0.3, 0.4) is 0 Å². The Hall–Kier alpha value is -2.44. The Kier molecular flexibility index (Phi) is 5.85. The van der Waals surface area contributed by atoms with Crippen LogP contribution in [-0.2, 0) is 4.79 Å². The molecule has 1 N–H and O–H groups in total. The number of Topliss-reactive ketones (excluding diaryl/α,β-unsaturated/α-hetero) is 1. The summed E-state index contributed by atoms with van der Waals surface area (Å²) in [6.07, 6.45) is 0. The lowest BCUT2D eigenvalue weighted by Crippen LogP contribution is -2.23. The first-order valence-electron chi connectivity index (χ1n) is 8.13. The molecular formula is C20H18N2O2S2. The fourth-order valence-electron chi connectivity index (χ4n) is 2.39. The Labute approximate surface area is 160 Å². The summed E-state index contributed by atoms with van der Waals surface area (Å²) in [4.78, 5) is 28.8. The minimum Gasteiger partial charge on any atom is -0.324 e. The predicted molar refractivity (Wildman–Crippen MR) is 108 cm³/mol. The fourth-order valence-corrected chi connectivity index (χ4v) is 4.36. The average molecular weight is 383 g/mol. The number of hydrogen-bond donors (Lipinski definition) is 1. The van der Waals surface area contributed by atoms with Gasteiger partial charge in [0.25, 0.3) is 0 Å². The van der Waals surface area contributed by atoms with Crippen molar-refractivity contribution in [1.82, 2.24) is 4.98 Å². The van der Waals surface area contributed by atoms with Crippen LogP contribution in [0.4, 0.5) is 5.69 Å². The van der Waals surface area contributed by atoms with E-state index in [1.165, 1.54) is 30.0 Å². The summed E-state index contributed by atoms with van der Waals surface area (Å²) in [5, 5.41) is 4.51. The molecule has 26 heavy (non-hydrogen) atoms. The lowest BCUT2D eigenvalue weighted by molar-refractivity contribution is -0.115. The number of amides is 1. The highest BCUT2D eigenvalue weighted by atomic mass is 32.2. The molecule has 1 atom stereocenters. The average Bonchev–Trinajstić information content (AvgIpc) is 3.11. The SMILES string of the molecule is CC(=O)c1ccccc1NC(=O)[C@@H](C)Sc1nc(-c2ccccc2)cs1. The third-order valence-electron chi connectivity index (χ3n) is 3.76. The molecule has 1 amide bonds. The van der Waals surface area contributed by atoms with Crippen LogP contribution in [0.15, 0.2) is 64.3 Å². The van der Waals surface area contributed by atoms with Gasteiger partial charge in [0.1, 0.15) is 0 Å². The van der Waals surface area contributed by atoms with E-state index >= 15 is 0 Å². The number of para-hydroxylation sites is 1. The first-order valence-corrected chi connectivity index (χ1v) is 9.89. The topological polar surface area (TPSA) is 59.1 Å². The third-order valence-corrected chi connectivity index (χ3v) is 5.84. The molecule has 0 saturated heterocycles. The van der Waals surface area contributed by atoms with Crippen LogP contribution in [0, 0.1) is 0 Å². The van der Waals surface area contributed by atoms with Crippen molar-refractivity contribution in [1.29, 1.82) is 0 Å². The zero-order valence-corrected chi connectivity index (χ0v) is 16.1. The van der Waals surface area contributed by atoms with Crippen molar-refractivity contribution < 1.29 is 9.59 Å². The maximum Gasteiger partial charge on any atom is 0.237 e. The van der Waals surface area contributed by atoms with Gasteiger partial charge in [-0.2, -0.15) is 0 Å². The number of rotatable bonds is 6. The van der Waals surface area contributed by atoms with E-state index in [-0.39, 0.29) is 16.9 Å². The first-order chi connectivity index (χ1) is 12.5. The number of benzene rings is 2. The van der Waals surface area contributed by atoms with Crippen molar-refractivity contribution in [2.24, 2.45) is 0 Å². The summed E-state index contributed by atoms with van der Waals surface area (Å²) in [5.41, 5.74) is 3.02. The summed E-state index contributed by atoms with van der Waals surface area (Å²) in [6, 6.07) is 17.0.